The van der Waals surface area contributed by atoms with Gasteiger partial charge in [0.1, 0.15) is 5.82 Å². The highest BCUT2D eigenvalue weighted by atomic mass is 19.3. The molecule has 0 unspecified atom stereocenters. The van der Waals surface area contributed by atoms with Gasteiger partial charge in [0.05, 0.1) is 12.6 Å². The number of urea groups is 1. The van der Waals surface area contributed by atoms with Crippen molar-refractivity contribution in [3.8, 4) is 0 Å². The molecule has 134 valence electrons. The quantitative estimate of drug-likeness (QED) is 0.913. The number of amides is 2. The van der Waals surface area contributed by atoms with Gasteiger partial charge in [0, 0.05) is 19.4 Å². The Morgan fingerprint density at radius 2 is 2.16 bits per heavy atom. The van der Waals surface area contributed by atoms with Gasteiger partial charge in [-0.15, -0.1) is 0 Å². The molecule has 0 saturated heterocycles. The molecular formula is C18H22F2N4O. The van der Waals surface area contributed by atoms with Crippen LogP contribution in [0.5, 0.6) is 0 Å². The van der Waals surface area contributed by atoms with Gasteiger partial charge in [-0.25, -0.2) is 9.78 Å². The van der Waals surface area contributed by atoms with Gasteiger partial charge < -0.3 is 10.2 Å². The lowest BCUT2D eigenvalue weighted by Gasteiger charge is -2.23. The molecule has 0 bridgehead atoms. The van der Waals surface area contributed by atoms with Gasteiger partial charge in [-0.2, -0.15) is 8.78 Å². The Morgan fingerprint density at radius 1 is 1.44 bits per heavy atom. The zero-order valence-electron chi connectivity index (χ0n) is 14.5. The molecule has 1 N–H and O–H groups in total. The van der Waals surface area contributed by atoms with E-state index in [0.717, 1.165) is 16.6 Å². The number of aromatic nitrogens is 2. The molecule has 25 heavy (non-hydrogen) atoms. The lowest BCUT2D eigenvalue weighted by molar-refractivity contribution is 0.0650. The van der Waals surface area contributed by atoms with Crippen molar-refractivity contribution in [2.45, 2.75) is 44.8 Å². The average molecular weight is 348 g/mol. The molecule has 1 atom stereocenters. The minimum Gasteiger partial charge on any atom is -0.331 e. The predicted molar refractivity (Wildman–Crippen MR) is 90.3 cm³/mol. The zero-order valence-corrected chi connectivity index (χ0v) is 14.5. The van der Waals surface area contributed by atoms with Gasteiger partial charge in [0.2, 0.25) is 0 Å². The first-order chi connectivity index (χ1) is 11.8. The topological polar surface area (TPSA) is 50.2 Å². The van der Waals surface area contributed by atoms with Crippen LogP contribution in [-0.2, 0) is 12.0 Å². The zero-order chi connectivity index (χ0) is 18.2. The second-order valence-electron chi connectivity index (χ2n) is 7.06. The number of benzene rings is 1. The monoisotopic (exact) mass is 348 g/mol. The van der Waals surface area contributed by atoms with E-state index in [1.807, 2.05) is 18.2 Å². The number of nitrogens with one attached hydrogen (secondary N) is 1. The van der Waals surface area contributed by atoms with E-state index in [-0.39, 0.29) is 29.9 Å². The van der Waals surface area contributed by atoms with E-state index in [4.69, 9.17) is 0 Å². The van der Waals surface area contributed by atoms with Crippen LogP contribution < -0.4 is 5.32 Å². The number of carbonyl (C=O) groups excluding carboxylic acids is 1. The SMILES string of the molecule is CN(Cc1nccn1C(F)F)C(=O)N[C@H]1CC(C)(C)c2ccccc21. The summed E-state index contributed by atoms with van der Waals surface area (Å²) in [6, 6.07) is 7.68. The number of carbonyl (C=O) groups is 1. The molecule has 0 aliphatic heterocycles. The molecule has 5 nitrogen and oxygen atoms in total. The van der Waals surface area contributed by atoms with Crippen LogP contribution in [0, 0.1) is 0 Å². The number of halogens is 2. The van der Waals surface area contributed by atoms with Crippen LogP contribution in [0.15, 0.2) is 36.7 Å². The summed E-state index contributed by atoms with van der Waals surface area (Å²) in [5.74, 6) is 0.153. The fourth-order valence-electron chi connectivity index (χ4n) is 3.46. The molecule has 7 heteroatoms. The molecule has 1 aliphatic rings. The van der Waals surface area contributed by atoms with Gasteiger partial charge in [-0.3, -0.25) is 4.57 Å². The van der Waals surface area contributed by atoms with E-state index in [1.165, 1.54) is 22.9 Å². The van der Waals surface area contributed by atoms with Crippen LogP contribution in [0.4, 0.5) is 13.6 Å². The second-order valence-corrected chi connectivity index (χ2v) is 7.06. The van der Waals surface area contributed by atoms with Gasteiger partial charge in [-0.05, 0) is 23.0 Å². The highest BCUT2D eigenvalue weighted by molar-refractivity contribution is 5.74. The van der Waals surface area contributed by atoms with Crippen LogP contribution in [0.1, 0.15) is 49.8 Å². The number of rotatable bonds is 4. The minimum atomic E-state index is -2.67. The summed E-state index contributed by atoms with van der Waals surface area (Å²) in [5, 5.41) is 3.01. The van der Waals surface area contributed by atoms with Gasteiger partial charge in [-0.1, -0.05) is 38.1 Å². The van der Waals surface area contributed by atoms with Crippen molar-refractivity contribution in [1.29, 1.82) is 0 Å². The van der Waals surface area contributed by atoms with Gasteiger partial charge in [0.15, 0.2) is 0 Å². The Balaban J connectivity index is 1.69. The predicted octanol–water partition coefficient (Wildman–Crippen LogP) is 3.84. The first kappa shape index (κ1) is 17.4. The van der Waals surface area contributed by atoms with Crippen molar-refractivity contribution in [2.24, 2.45) is 0 Å². The highest BCUT2D eigenvalue weighted by Gasteiger charge is 2.37. The highest BCUT2D eigenvalue weighted by Crippen LogP contribution is 2.44. The van der Waals surface area contributed by atoms with Crippen LogP contribution in [-0.4, -0.2) is 27.5 Å². The maximum atomic E-state index is 12.9. The Kier molecular flexibility index (Phi) is 4.49. The summed E-state index contributed by atoms with van der Waals surface area (Å²) in [4.78, 5) is 17.8. The van der Waals surface area contributed by atoms with Crippen molar-refractivity contribution in [3.63, 3.8) is 0 Å². The number of alkyl halides is 2. The summed E-state index contributed by atoms with van der Waals surface area (Å²) in [6.07, 6.45) is 3.32. The third-order valence-corrected chi connectivity index (χ3v) is 4.76. The third-order valence-electron chi connectivity index (χ3n) is 4.76. The summed E-state index contributed by atoms with van der Waals surface area (Å²) in [7, 11) is 1.58. The molecule has 1 aliphatic carbocycles. The molecular weight excluding hydrogens is 326 g/mol. The summed E-state index contributed by atoms with van der Waals surface area (Å²) < 4.78 is 26.6. The van der Waals surface area contributed by atoms with E-state index in [2.05, 4.69) is 30.2 Å². The number of imidazole rings is 1. The lowest BCUT2D eigenvalue weighted by atomic mass is 9.86. The number of nitrogens with zero attached hydrogens (tertiary/aromatic N) is 3. The van der Waals surface area contributed by atoms with Crippen LogP contribution >= 0.6 is 0 Å². The molecule has 1 aromatic heterocycles. The molecule has 3 rings (SSSR count). The third kappa shape index (κ3) is 3.36. The maximum Gasteiger partial charge on any atom is 0.319 e. The number of hydrogen-bond acceptors (Lipinski definition) is 2. The Morgan fingerprint density at radius 3 is 2.88 bits per heavy atom. The Bertz CT molecular complexity index is 772. The van der Waals surface area contributed by atoms with Crippen LogP contribution in [0.2, 0.25) is 0 Å². The summed E-state index contributed by atoms with van der Waals surface area (Å²) in [6.45, 7) is 1.65. The molecule has 2 amide bonds. The maximum absolute atomic E-state index is 12.9. The van der Waals surface area contributed by atoms with E-state index in [1.54, 1.807) is 7.05 Å². The first-order valence-corrected chi connectivity index (χ1v) is 8.20. The Labute approximate surface area is 145 Å². The normalized spacial score (nSPS) is 18.2. The average Bonchev–Trinajstić information content (AvgIpc) is 3.11. The molecule has 2 aromatic rings. The standard InChI is InChI=1S/C18H22F2N4O/c1-18(2)10-14(12-6-4-5-7-13(12)18)22-17(25)23(3)11-15-21-8-9-24(15)16(19)20/h4-9,14,16H,10-11H2,1-3H3,(H,22,25)/t14-/m0/s1. The second kappa shape index (κ2) is 6.46. The fourth-order valence-corrected chi connectivity index (χ4v) is 3.46. The smallest absolute Gasteiger partial charge is 0.319 e. The van der Waals surface area contributed by atoms with Gasteiger partial charge in [0.25, 0.3) is 0 Å². The van der Waals surface area contributed by atoms with E-state index in [0.29, 0.717) is 0 Å². The largest absolute Gasteiger partial charge is 0.331 e. The van der Waals surface area contributed by atoms with E-state index >= 15 is 0 Å². The molecule has 1 heterocycles. The summed E-state index contributed by atoms with van der Waals surface area (Å²) >= 11 is 0. The molecule has 0 radical (unpaired) electrons. The van der Waals surface area contributed by atoms with Gasteiger partial charge >= 0.3 is 12.6 Å². The van der Waals surface area contributed by atoms with Crippen LogP contribution in [0.25, 0.3) is 0 Å². The van der Waals surface area contributed by atoms with E-state index in [9.17, 15) is 13.6 Å². The fraction of sp³-hybridized carbons (Fsp3) is 0.444. The van der Waals surface area contributed by atoms with Crippen molar-refractivity contribution in [2.75, 3.05) is 7.05 Å². The molecule has 1 aromatic carbocycles. The number of hydrogen-bond donors (Lipinski definition) is 1. The Hall–Kier alpha value is -2.44. The molecule has 0 fully saturated rings. The number of fused-ring (bicyclic) bond motifs is 1. The lowest BCUT2D eigenvalue weighted by Crippen LogP contribution is -2.39. The first-order valence-electron chi connectivity index (χ1n) is 8.20. The van der Waals surface area contributed by atoms with Crippen molar-refractivity contribution in [3.05, 3.63) is 53.6 Å². The molecule has 0 spiro atoms. The minimum absolute atomic E-state index is 0.0148. The van der Waals surface area contributed by atoms with Crippen molar-refractivity contribution >= 4 is 6.03 Å². The van der Waals surface area contributed by atoms with Crippen LogP contribution in [0.3, 0.4) is 0 Å². The van der Waals surface area contributed by atoms with Crippen molar-refractivity contribution in [1.82, 2.24) is 19.8 Å². The summed E-state index contributed by atoms with van der Waals surface area (Å²) in [5.41, 5.74) is 2.33. The van der Waals surface area contributed by atoms with E-state index < -0.39 is 6.55 Å². The molecule has 0 saturated carbocycles. The van der Waals surface area contributed by atoms with Crippen molar-refractivity contribution < 1.29 is 13.6 Å².